The van der Waals surface area contributed by atoms with Crippen LogP contribution in [0.15, 0.2) is 28.3 Å². The van der Waals surface area contributed by atoms with Crippen LogP contribution in [0.3, 0.4) is 0 Å². The molecule has 1 aromatic heterocycles. The Labute approximate surface area is 116 Å². The molecule has 0 unspecified atom stereocenters. The number of nitrogens with two attached hydrogens (primary N) is 1. The highest BCUT2D eigenvalue weighted by Gasteiger charge is 2.31. The lowest BCUT2D eigenvalue weighted by atomic mass is 10.2. The van der Waals surface area contributed by atoms with E-state index in [4.69, 9.17) is 5.73 Å². The normalized spacial score (nSPS) is 15.6. The second kappa shape index (κ2) is 4.65. The van der Waals surface area contributed by atoms with E-state index in [2.05, 4.69) is 15.5 Å². The van der Waals surface area contributed by atoms with Crippen LogP contribution in [0.5, 0.6) is 0 Å². The number of nitrogens with zero attached hydrogens (tertiary/aromatic N) is 4. The average Bonchev–Trinajstić information content (AvgIpc) is 3.11. The number of hydrogen-bond acceptors (Lipinski definition) is 5. The molecule has 1 saturated carbocycles. The average molecular weight is 301 g/mol. The Morgan fingerprint density at radius 3 is 2.65 bits per heavy atom. The summed E-state index contributed by atoms with van der Waals surface area (Å²) in [6, 6.07) is 3.56. The van der Waals surface area contributed by atoms with Crippen molar-refractivity contribution in [2.45, 2.75) is 35.1 Å². The molecule has 5 nitrogen and oxygen atoms in total. The zero-order valence-electron chi connectivity index (χ0n) is 10.1. The summed E-state index contributed by atoms with van der Waals surface area (Å²) in [5, 5.41) is 11.9. The highest BCUT2D eigenvalue weighted by Crippen LogP contribution is 2.40. The number of rotatable bonds is 3. The van der Waals surface area contributed by atoms with E-state index >= 15 is 0 Å². The third-order valence-electron chi connectivity index (χ3n) is 2.89. The Kier molecular flexibility index (Phi) is 3.08. The molecule has 0 atom stereocenters. The second-order valence-corrected chi connectivity index (χ2v) is 5.50. The number of hydrogen-bond donors (Lipinski definition) is 1. The maximum Gasteiger partial charge on any atom is 0.416 e. The van der Waals surface area contributed by atoms with Crippen LogP contribution in [0.1, 0.15) is 24.4 Å². The van der Waals surface area contributed by atoms with Gasteiger partial charge in [-0.15, -0.1) is 5.10 Å². The van der Waals surface area contributed by atoms with Gasteiger partial charge in [-0.25, -0.2) is 4.68 Å². The second-order valence-electron chi connectivity index (χ2n) is 4.49. The summed E-state index contributed by atoms with van der Waals surface area (Å²) in [6.07, 6.45) is -2.37. The predicted molar refractivity (Wildman–Crippen MR) is 66.1 cm³/mol. The zero-order valence-corrected chi connectivity index (χ0v) is 10.9. The van der Waals surface area contributed by atoms with Crippen molar-refractivity contribution >= 4 is 17.4 Å². The molecule has 0 saturated heterocycles. The molecular weight excluding hydrogens is 291 g/mol. The Morgan fingerprint density at radius 2 is 2.05 bits per heavy atom. The van der Waals surface area contributed by atoms with Gasteiger partial charge in [-0.1, -0.05) is 0 Å². The summed E-state index contributed by atoms with van der Waals surface area (Å²) in [6.45, 7) is 0. The van der Waals surface area contributed by atoms with Gasteiger partial charge in [-0.3, -0.25) is 0 Å². The molecule has 0 radical (unpaired) electrons. The lowest BCUT2D eigenvalue weighted by Crippen LogP contribution is -2.06. The van der Waals surface area contributed by atoms with Gasteiger partial charge in [0.1, 0.15) is 0 Å². The number of anilines is 1. The van der Waals surface area contributed by atoms with Crippen LogP contribution in [0.2, 0.25) is 0 Å². The van der Waals surface area contributed by atoms with Crippen molar-refractivity contribution in [2.24, 2.45) is 0 Å². The smallest absolute Gasteiger partial charge is 0.398 e. The van der Waals surface area contributed by atoms with Crippen molar-refractivity contribution in [3.63, 3.8) is 0 Å². The Bertz CT molecular complexity index is 635. The molecule has 0 bridgehead atoms. The molecule has 0 amide bonds. The molecule has 3 rings (SSSR count). The SMILES string of the molecule is Nc1cc(C(F)(F)F)ccc1Sc1nnnn1C1CC1. The molecule has 2 aromatic rings. The number of benzene rings is 1. The third kappa shape index (κ3) is 2.58. The summed E-state index contributed by atoms with van der Waals surface area (Å²) >= 11 is 1.17. The lowest BCUT2D eigenvalue weighted by molar-refractivity contribution is -0.137. The van der Waals surface area contributed by atoms with Gasteiger partial charge in [0, 0.05) is 10.6 Å². The Balaban J connectivity index is 1.86. The number of aromatic nitrogens is 4. The first kappa shape index (κ1) is 13.2. The van der Waals surface area contributed by atoms with Gasteiger partial charge in [-0.05, 0) is 53.2 Å². The van der Waals surface area contributed by atoms with E-state index in [1.807, 2.05) is 0 Å². The van der Waals surface area contributed by atoms with Crippen molar-refractivity contribution in [2.75, 3.05) is 5.73 Å². The van der Waals surface area contributed by atoms with Gasteiger partial charge in [0.15, 0.2) is 0 Å². The molecule has 1 heterocycles. The quantitative estimate of drug-likeness (QED) is 0.883. The first-order valence-electron chi connectivity index (χ1n) is 5.87. The lowest BCUT2D eigenvalue weighted by Gasteiger charge is -2.10. The minimum absolute atomic E-state index is 0.0650. The summed E-state index contributed by atoms with van der Waals surface area (Å²) in [5.41, 5.74) is 4.98. The Morgan fingerprint density at radius 1 is 1.30 bits per heavy atom. The van der Waals surface area contributed by atoms with Crippen LogP contribution in [-0.2, 0) is 6.18 Å². The monoisotopic (exact) mass is 301 g/mol. The van der Waals surface area contributed by atoms with E-state index in [9.17, 15) is 13.2 Å². The van der Waals surface area contributed by atoms with E-state index in [1.165, 1.54) is 17.8 Å². The van der Waals surface area contributed by atoms with Gasteiger partial charge in [0.05, 0.1) is 11.6 Å². The van der Waals surface area contributed by atoms with Crippen molar-refractivity contribution in [1.29, 1.82) is 0 Å². The fourth-order valence-electron chi connectivity index (χ4n) is 1.72. The molecule has 1 aromatic carbocycles. The van der Waals surface area contributed by atoms with Gasteiger partial charge in [0.25, 0.3) is 0 Å². The van der Waals surface area contributed by atoms with Crippen molar-refractivity contribution in [3.05, 3.63) is 23.8 Å². The predicted octanol–water partition coefficient (Wildman–Crippen LogP) is 2.76. The number of nitrogen functional groups attached to an aromatic ring is 1. The highest BCUT2D eigenvalue weighted by atomic mass is 32.2. The van der Waals surface area contributed by atoms with Gasteiger partial charge < -0.3 is 5.73 Å². The molecule has 1 aliphatic carbocycles. The van der Waals surface area contributed by atoms with E-state index in [-0.39, 0.29) is 5.69 Å². The van der Waals surface area contributed by atoms with E-state index in [1.54, 1.807) is 4.68 Å². The summed E-state index contributed by atoms with van der Waals surface area (Å²) < 4.78 is 39.4. The Hall–Kier alpha value is -1.77. The van der Waals surface area contributed by atoms with Crippen molar-refractivity contribution in [1.82, 2.24) is 20.2 Å². The minimum atomic E-state index is -4.40. The van der Waals surface area contributed by atoms with Gasteiger partial charge >= 0.3 is 6.18 Å². The molecule has 1 aliphatic rings. The molecule has 106 valence electrons. The maximum absolute atomic E-state index is 12.6. The van der Waals surface area contributed by atoms with Crippen LogP contribution in [0, 0.1) is 0 Å². The molecule has 9 heteroatoms. The highest BCUT2D eigenvalue weighted by molar-refractivity contribution is 7.99. The standard InChI is InChI=1S/C11H10F3N5S/c12-11(13,14)6-1-4-9(8(15)5-6)20-10-16-17-18-19(10)7-2-3-7/h1,4-5,7H,2-3,15H2. The first-order valence-corrected chi connectivity index (χ1v) is 6.69. The summed E-state index contributed by atoms with van der Waals surface area (Å²) in [5.74, 6) is 0. The number of halogens is 3. The molecule has 0 aliphatic heterocycles. The number of alkyl halides is 3. The molecule has 1 fully saturated rings. The van der Waals surface area contributed by atoms with Crippen molar-refractivity contribution < 1.29 is 13.2 Å². The molecule has 20 heavy (non-hydrogen) atoms. The summed E-state index contributed by atoms with van der Waals surface area (Å²) in [7, 11) is 0. The van der Waals surface area contributed by atoms with Crippen molar-refractivity contribution in [3.8, 4) is 0 Å². The zero-order chi connectivity index (χ0) is 14.3. The third-order valence-corrected chi connectivity index (χ3v) is 3.94. The van der Waals surface area contributed by atoms with E-state index in [0.29, 0.717) is 16.1 Å². The molecular formula is C11H10F3N5S. The largest absolute Gasteiger partial charge is 0.416 e. The van der Waals surface area contributed by atoms with Crippen LogP contribution in [-0.4, -0.2) is 20.2 Å². The van der Waals surface area contributed by atoms with Crippen LogP contribution in [0.25, 0.3) is 0 Å². The minimum Gasteiger partial charge on any atom is -0.398 e. The number of tetrazole rings is 1. The van der Waals surface area contributed by atoms with Crippen LogP contribution >= 0.6 is 11.8 Å². The van der Waals surface area contributed by atoms with Gasteiger partial charge in [0.2, 0.25) is 5.16 Å². The topological polar surface area (TPSA) is 69.6 Å². The maximum atomic E-state index is 12.6. The van der Waals surface area contributed by atoms with Crippen LogP contribution in [0.4, 0.5) is 18.9 Å². The fourth-order valence-corrected chi connectivity index (χ4v) is 2.58. The van der Waals surface area contributed by atoms with Crippen LogP contribution < -0.4 is 5.73 Å². The fraction of sp³-hybridized carbons (Fsp3) is 0.364. The molecule has 0 spiro atoms. The van der Waals surface area contributed by atoms with E-state index < -0.39 is 11.7 Å². The summed E-state index contributed by atoms with van der Waals surface area (Å²) in [4.78, 5) is 0.509. The molecule has 2 N–H and O–H groups in total. The van der Waals surface area contributed by atoms with Gasteiger partial charge in [-0.2, -0.15) is 13.2 Å². The first-order chi connectivity index (χ1) is 9.45. The van der Waals surface area contributed by atoms with E-state index in [0.717, 1.165) is 25.0 Å².